The van der Waals surface area contributed by atoms with Crippen LogP contribution in [0.25, 0.3) is 0 Å². The van der Waals surface area contributed by atoms with E-state index >= 15 is 0 Å². The topological polar surface area (TPSA) is 104 Å². The second kappa shape index (κ2) is 7.18. The second-order valence-corrected chi connectivity index (χ2v) is 4.74. The van der Waals surface area contributed by atoms with Gasteiger partial charge in [-0.3, -0.25) is 0 Å². The van der Waals surface area contributed by atoms with Crippen molar-refractivity contribution in [2.24, 2.45) is 0 Å². The van der Waals surface area contributed by atoms with Crippen molar-refractivity contribution in [3.05, 3.63) is 60.1 Å². The van der Waals surface area contributed by atoms with Gasteiger partial charge in [0.15, 0.2) is 5.71 Å². The largest absolute Gasteiger partial charge is 0.464 e. The highest BCUT2D eigenvalue weighted by Crippen LogP contribution is 2.17. The van der Waals surface area contributed by atoms with Crippen LogP contribution in [0.15, 0.2) is 60.1 Å². The van der Waals surface area contributed by atoms with E-state index in [0.29, 0.717) is 0 Å². The molecule has 0 radical (unpaired) electrons. The van der Waals surface area contributed by atoms with Gasteiger partial charge in [0, 0.05) is 17.7 Å². The Morgan fingerprint density at radius 3 is 1.85 bits per heavy atom. The number of hydrogen-bond acceptors (Lipinski definition) is 5. The van der Waals surface area contributed by atoms with Gasteiger partial charge >= 0.3 is 0 Å². The summed E-state index contributed by atoms with van der Waals surface area (Å²) in [6.07, 6.45) is 15.8. The van der Waals surface area contributed by atoms with Crippen LogP contribution in [0.1, 0.15) is 0 Å². The van der Waals surface area contributed by atoms with E-state index in [1.807, 2.05) is 32.3 Å². The summed E-state index contributed by atoms with van der Waals surface area (Å²) in [4.78, 5) is 0. The Balaban J connectivity index is 0.000000347. The van der Waals surface area contributed by atoms with Gasteiger partial charge in [-0.25, -0.2) is 23.2 Å². The maximum absolute atomic E-state index is 8.49. The highest BCUT2D eigenvalue weighted by molar-refractivity contribution is 6.02. The van der Waals surface area contributed by atoms with E-state index in [4.69, 9.17) is 23.4 Å². The lowest BCUT2D eigenvalue weighted by Gasteiger charge is -2.17. The fraction of sp³-hybridized carbons (Fsp3) is 0.154. The molecule has 108 valence electrons. The summed E-state index contributed by atoms with van der Waals surface area (Å²) in [5.41, 5.74) is 2.29. The first kappa shape index (κ1) is 16.4. The van der Waals surface area contributed by atoms with Crippen molar-refractivity contribution in [3.8, 4) is 0 Å². The monoisotopic (exact) mass is 299 g/mol. The van der Waals surface area contributed by atoms with Crippen LogP contribution in [0.5, 0.6) is 0 Å². The first-order valence-electron chi connectivity index (χ1n) is 5.54. The minimum Gasteiger partial charge on any atom is -0.464 e. The van der Waals surface area contributed by atoms with Gasteiger partial charge < -0.3 is 4.74 Å². The molecule has 0 amide bonds. The third-order valence-electron chi connectivity index (χ3n) is 2.30. The van der Waals surface area contributed by atoms with E-state index < -0.39 is 10.2 Å². The Kier molecular flexibility index (Phi) is 5.87. The third-order valence-corrected chi connectivity index (χ3v) is 2.30. The number of allylic oxidation sites excluding steroid dienone is 8. The first-order valence-corrected chi connectivity index (χ1v) is 6.77. The number of rotatable bonds is 0. The Hall–Kier alpha value is -1.70. The molecular formula is C13H14ClNO5. The van der Waals surface area contributed by atoms with E-state index in [9.17, 15) is 0 Å². The molecule has 2 rings (SSSR count). The van der Waals surface area contributed by atoms with Gasteiger partial charge in [0.25, 0.3) is 0 Å². The van der Waals surface area contributed by atoms with Crippen molar-refractivity contribution >= 4 is 5.71 Å². The van der Waals surface area contributed by atoms with Crippen LogP contribution in [0.2, 0.25) is 0 Å². The van der Waals surface area contributed by atoms with Gasteiger partial charge in [-0.2, -0.15) is 0 Å². The molecule has 0 aromatic heterocycles. The van der Waals surface area contributed by atoms with Gasteiger partial charge in [0.05, 0.1) is 6.26 Å². The van der Waals surface area contributed by atoms with Crippen molar-refractivity contribution in [2.75, 3.05) is 14.1 Å². The minimum atomic E-state index is -4.94. The van der Waals surface area contributed by atoms with E-state index in [1.165, 1.54) is 5.71 Å². The fourth-order valence-electron chi connectivity index (χ4n) is 1.43. The molecule has 0 fully saturated rings. The molecule has 7 heteroatoms. The molecule has 20 heavy (non-hydrogen) atoms. The SMILES string of the molecule is C[N+](C)=C1C=CC(=C2C=CC=CO2)C=C1.[O-][Cl+3]([O-])([O-])[O-]. The number of nitrogens with zero attached hydrogens (tertiary/aromatic N) is 1. The quantitative estimate of drug-likeness (QED) is 0.457. The molecule has 0 atom stereocenters. The number of hydrogen-bond donors (Lipinski definition) is 0. The molecule has 2 aliphatic rings. The summed E-state index contributed by atoms with van der Waals surface area (Å²) < 4.78 is 41.4. The molecule has 0 saturated carbocycles. The molecule has 0 unspecified atom stereocenters. The molecule has 0 spiro atoms. The zero-order chi connectivity index (χ0) is 15.2. The highest BCUT2D eigenvalue weighted by atomic mass is 35.7. The van der Waals surface area contributed by atoms with Crippen molar-refractivity contribution in [1.82, 2.24) is 0 Å². The molecule has 0 N–H and O–H groups in total. The fourth-order valence-corrected chi connectivity index (χ4v) is 1.43. The summed E-state index contributed by atoms with van der Waals surface area (Å²) in [5.74, 6) is 0.891. The summed E-state index contributed by atoms with van der Waals surface area (Å²) in [7, 11) is -0.885. The molecule has 6 nitrogen and oxygen atoms in total. The zero-order valence-electron chi connectivity index (χ0n) is 11.0. The Morgan fingerprint density at radius 1 is 0.900 bits per heavy atom. The van der Waals surface area contributed by atoms with Crippen molar-refractivity contribution in [1.29, 1.82) is 0 Å². The predicted molar refractivity (Wildman–Crippen MR) is 61.8 cm³/mol. The van der Waals surface area contributed by atoms with E-state index in [1.54, 1.807) is 6.26 Å². The number of halogens is 1. The smallest absolute Gasteiger partial charge is 0.199 e. The van der Waals surface area contributed by atoms with Gasteiger partial charge in [-0.15, -0.1) is 10.2 Å². The van der Waals surface area contributed by atoms with Gasteiger partial charge in [0.2, 0.25) is 0 Å². The van der Waals surface area contributed by atoms with Crippen molar-refractivity contribution in [3.63, 3.8) is 0 Å². The van der Waals surface area contributed by atoms with Crippen LogP contribution in [0.3, 0.4) is 0 Å². The maximum Gasteiger partial charge on any atom is 0.199 e. The molecule has 0 bridgehead atoms. The molecule has 0 aromatic carbocycles. The second-order valence-electron chi connectivity index (χ2n) is 3.99. The van der Waals surface area contributed by atoms with Gasteiger partial charge in [-0.05, 0) is 24.3 Å². The third kappa shape index (κ3) is 6.46. The molecule has 0 aromatic rings. The van der Waals surface area contributed by atoms with Crippen LogP contribution in [0, 0.1) is 10.2 Å². The zero-order valence-corrected chi connectivity index (χ0v) is 11.7. The molecule has 1 aliphatic carbocycles. The number of ether oxygens (including phenoxy) is 1. The summed E-state index contributed by atoms with van der Waals surface area (Å²) in [6, 6.07) is 0. The van der Waals surface area contributed by atoms with Crippen LogP contribution in [0.4, 0.5) is 0 Å². The van der Waals surface area contributed by atoms with E-state index in [0.717, 1.165) is 11.3 Å². The first-order chi connectivity index (χ1) is 9.27. The van der Waals surface area contributed by atoms with Crippen molar-refractivity contribution < 1.29 is 38.2 Å². The molecule has 0 saturated heterocycles. The summed E-state index contributed by atoms with van der Waals surface area (Å²) in [6.45, 7) is 0. The Morgan fingerprint density at radius 2 is 1.45 bits per heavy atom. The van der Waals surface area contributed by atoms with Crippen LogP contribution < -0.4 is 18.6 Å². The van der Waals surface area contributed by atoms with Gasteiger partial charge in [-0.1, -0.05) is 6.08 Å². The Labute approximate surface area is 119 Å². The lowest BCUT2D eigenvalue weighted by atomic mass is 10.1. The Bertz CT molecular complexity index is 507. The van der Waals surface area contributed by atoms with Crippen molar-refractivity contribution in [2.45, 2.75) is 0 Å². The average Bonchev–Trinajstić information content (AvgIpc) is 2.38. The average molecular weight is 300 g/mol. The van der Waals surface area contributed by atoms with Crippen LogP contribution >= 0.6 is 0 Å². The normalized spacial score (nSPS) is 16.8. The minimum absolute atomic E-state index is 0.891. The predicted octanol–water partition coefficient (Wildman–Crippen LogP) is -2.58. The van der Waals surface area contributed by atoms with Crippen LogP contribution in [-0.4, -0.2) is 24.4 Å². The highest BCUT2D eigenvalue weighted by Gasteiger charge is 2.08. The molecule has 1 heterocycles. The molecule has 1 aliphatic heterocycles. The van der Waals surface area contributed by atoms with E-state index in [-0.39, 0.29) is 0 Å². The van der Waals surface area contributed by atoms with Crippen LogP contribution in [-0.2, 0) is 4.74 Å². The standard InChI is InChI=1S/C13H14NO.ClHO4/c1-14(2)12-8-6-11(7-9-12)13-5-3-4-10-15-13;2-1(3,4)5/h3-10H,1-2H3;(H,2,3,4,5)/q+1;/p-1. The summed E-state index contributed by atoms with van der Waals surface area (Å²) >= 11 is 0. The lowest BCUT2D eigenvalue weighted by molar-refractivity contribution is -2.00. The maximum atomic E-state index is 8.49. The van der Waals surface area contributed by atoms with Gasteiger partial charge in [0.1, 0.15) is 19.9 Å². The lowest BCUT2D eigenvalue weighted by Crippen LogP contribution is -2.68. The molecular weight excluding hydrogens is 286 g/mol. The van der Waals surface area contributed by atoms with E-state index in [2.05, 4.69) is 28.9 Å². The summed E-state index contributed by atoms with van der Waals surface area (Å²) in [5, 5.41) is 0.